The lowest BCUT2D eigenvalue weighted by molar-refractivity contribution is -0.385. The molecule has 0 amide bonds. The number of nitro benzene ring substituents is 1. The average Bonchev–Trinajstić information content (AvgIpc) is 2.20. The Morgan fingerprint density at radius 1 is 1.60 bits per heavy atom. The summed E-state index contributed by atoms with van der Waals surface area (Å²) in [5.41, 5.74) is 5.90. The molecule has 0 aromatic heterocycles. The number of rotatable bonds is 3. The van der Waals surface area contributed by atoms with Gasteiger partial charge in [0.05, 0.1) is 17.6 Å². The van der Waals surface area contributed by atoms with E-state index >= 15 is 0 Å². The van der Waals surface area contributed by atoms with Crippen LogP contribution in [-0.2, 0) is 0 Å². The Hall–Kier alpha value is -1.66. The molecule has 0 radical (unpaired) electrons. The van der Waals surface area contributed by atoms with Gasteiger partial charge in [0.2, 0.25) is 0 Å². The van der Waals surface area contributed by atoms with E-state index < -0.39 is 11.0 Å². The van der Waals surface area contributed by atoms with E-state index in [1.807, 2.05) is 0 Å². The lowest BCUT2D eigenvalue weighted by atomic mass is 10.0. The van der Waals surface area contributed by atoms with Gasteiger partial charge >= 0.3 is 0 Å². The molecule has 1 atom stereocenters. The van der Waals surface area contributed by atoms with Crippen LogP contribution in [0.2, 0.25) is 0 Å². The van der Waals surface area contributed by atoms with Gasteiger partial charge in [0.25, 0.3) is 5.69 Å². The second kappa shape index (κ2) is 4.24. The van der Waals surface area contributed by atoms with Crippen molar-refractivity contribution in [1.29, 1.82) is 0 Å². The molecule has 6 heteroatoms. The summed E-state index contributed by atoms with van der Waals surface area (Å²) in [6.07, 6.45) is 0. The van der Waals surface area contributed by atoms with Crippen LogP contribution in [0.15, 0.2) is 12.1 Å². The zero-order chi connectivity index (χ0) is 11.6. The number of benzene rings is 1. The third-order valence-corrected chi connectivity index (χ3v) is 2.12. The van der Waals surface area contributed by atoms with Gasteiger partial charge in [-0.25, -0.2) is 0 Å². The smallest absolute Gasteiger partial charge is 0.270 e. The summed E-state index contributed by atoms with van der Waals surface area (Å²) < 4.78 is 0. The van der Waals surface area contributed by atoms with Gasteiger partial charge < -0.3 is 15.9 Å². The van der Waals surface area contributed by atoms with E-state index in [2.05, 4.69) is 0 Å². The first kappa shape index (κ1) is 11.4. The molecule has 6 nitrogen and oxygen atoms in total. The lowest BCUT2D eigenvalue weighted by Crippen LogP contribution is -2.15. The minimum absolute atomic E-state index is 0.109. The summed E-state index contributed by atoms with van der Waals surface area (Å²) in [5, 5.41) is 29.0. The van der Waals surface area contributed by atoms with E-state index in [0.29, 0.717) is 5.56 Å². The van der Waals surface area contributed by atoms with E-state index in [1.54, 1.807) is 0 Å². The highest BCUT2D eigenvalue weighted by molar-refractivity contribution is 5.50. The van der Waals surface area contributed by atoms with Crippen LogP contribution in [0.25, 0.3) is 0 Å². The Kier molecular flexibility index (Phi) is 3.23. The lowest BCUT2D eigenvalue weighted by Gasteiger charge is -2.12. The van der Waals surface area contributed by atoms with Gasteiger partial charge in [0.15, 0.2) is 0 Å². The second-order valence-corrected chi connectivity index (χ2v) is 3.25. The van der Waals surface area contributed by atoms with Crippen LogP contribution >= 0.6 is 0 Å². The zero-order valence-corrected chi connectivity index (χ0v) is 8.17. The molecule has 0 unspecified atom stereocenters. The predicted octanol–water partition coefficient (Wildman–Crippen LogP) is 0.601. The molecule has 0 aliphatic heterocycles. The first-order valence-electron chi connectivity index (χ1n) is 4.31. The van der Waals surface area contributed by atoms with Gasteiger partial charge in [-0.3, -0.25) is 10.1 Å². The normalized spacial score (nSPS) is 12.5. The molecule has 0 spiro atoms. The van der Waals surface area contributed by atoms with Crippen LogP contribution in [0.3, 0.4) is 0 Å². The first-order valence-corrected chi connectivity index (χ1v) is 4.31. The number of aliphatic hydroxyl groups is 1. The van der Waals surface area contributed by atoms with Crippen molar-refractivity contribution in [3.05, 3.63) is 33.4 Å². The van der Waals surface area contributed by atoms with Gasteiger partial charge in [0, 0.05) is 17.7 Å². The van der Waals surface area contributed by atoms with E-state index in [4.69, 9.17) is 10.8 Å². The van der Waals surface area contributed by atoms with Gasteiger partial charge in [0.1, 0.15) is 5.75 Å². The molecular formula is C9H12N2O4. The number of hydrogen-bond donors (Lipinski definition) is 3. The Bertz CT molecular complexity index is 392. The number of aromatic hydroxyl groups is 1. The van der Waals surface area contributed by atoms with Crippen LogP contribution in [0, 0.1) is 17.0 Å². The minimum Gasteiger partial charge on any atom is -0.507 e. The first-order chi connectivity index (χ1) is 6.97. The summed E-state index contributed by atoms with van der Waals surface area (Å²) in [6.45, 7) is 1.16. The van der Waals surface area contributed by atoms with E-state index in [1.165, 1.54) is 19.1 Å². The van der Waals surface area contributed by atoms with Gasteiger partial charge in [-0.15, -0.1) is 0 Å². The van der Waals surface area contributed by atoms with Crippen LogP contribution in [0.1, 0.15) is 17.2 Å². The summed E-state index contributed by atoms with van der Waals surface area (Å²) in [4.78, 5) is 9.98. The topological polar surface area (TPSA) is 110 Å². The van der Waals surface area contributed by atoms with Crippen LogP contribution in [0.4, 0.5) is 5.69 Å². The van der Waals surface area contributed by atoms with Crippen molar-refractivity contribution in [2.75, 3.05) is 6.61 Å². The fourth-order valence-electron chi connectivity index (χ4n) is 1.27. The highest BCUT2D eigenvalue weighted by Gasteiger charge is 2.17. The molecule has 0 saturated carbocycles. The number of aryl methyl sites for hydroxylation is 1. The van der Waals surface area contributed by atoms with Crippen LogP contribution in [-0.4, -0.2) is 21.7 Å². The molecule has 82 valence electrons. The molecule has 15 heavy (non-hydrogen) atoms. The number of nitro groups is 1. The predicted molar refractivity (Wildman–Crippen MR) is 53.5 cm³/mol. The molecule has 1 aromatic rings. The van der Waals surface area contributed by atoms with Crippen LogP contribution < -0.4 is 5.73 Å². The summed E-state index contributed by atoms with van der Waals surface area (Å²) in [7, 11) is 0. The summed E-state index contributed by atoms with van der Waals surface area (Å²) in [6, 6.07) is 1.61. The van der Waals surface area contributed by atoms with Gasteiger partial charge in [-0.05, 0) is 12.5 Å². The fraction of sp³-hybridized carbons (Fsp3) is 0.333. The molecule has 1 rings (SSSR count). The quantitative estimate of drug-likeness (QED) is 0.502. The highest BCUT2D eigenvalue weighted by atomic mass is 16.6. The monoisotopic (exact) mass is 212 g/mol. The molecule has 0 saturated heterocycles. The maximum atomic E-state index is 10.5. The molecule has 1 aromatic carbocycles. The largest absolute Gasteiger partial charge is 0.507 e. The molecular weight excluding hydrogens is 200 g/mol. The molecule has 0 aliphatic carbocycles. The molecule has 4 N–H and O–H groups in total. The SMILES string of the molecule is Cc1cc([N+](=O)[O-])cc([C@H](N)CO)c1O. The maximum absolute atomic E-state index is 10.5. The van der Waals surface area contributed by atoms with E-state index in [9.17, 15) is 15.2 Å². The van der Waals surface area contributed by atoms with Crippen molar-refractivity contribution in [3.8, 4) is 5.75 Å². The molecule has 0 aliphatic rings. The van der Waals surface area contributed by atoms with Crippen molar-refractivity contribution < 1.29 is 15.1 Å². The number of nitrogens with zero attached hydrogens (tertiary/aromatic N) is 1. The minimum atomic E-state index is -0.816. The Morgan fingerprint density at radius 3 is 2.67 bits per heavy atom. The maximum Gasteiger partial charge on any atom is 0.270 e. The van der Waals surface area contributed by atoms with Crippen molar-refractivity contribution in [1.82, 2.24) is 0 Å². The van der Waals surface area contributed by atoms with Crippen molar-refractivity contribution in [2.45, 2.75) is 13.0 Å². The number of phenols is 1. The number of aliphatic hydroxyl groups excluding tert-OH is 1. The Balaban J connectivity index is 3.31. The van der Waals surface area contributed by atoms with Crippen LogP contribution in [0.5, 0.6) is 5.75 Å². The summed E-state index contributed by atoms with van der Waals surface area (Å²) >= 11 is 0. The summed E-state index contributed by atoms with van der Waals surface area (Å²) in [5.74, 6) is -0.109. The van der Waals surface area contributed by atoms with Gasteiger partial charge in [-0.2, -0.15) is 0 Å². The van der Waals surface area contributed by atoms with Gasteiger partial charge in [-0.1, -0.05) is 0 Å². The van der Waals surface area contributed by atoms with E-state index in [-0.39, 0.29) is 23.6 Å². The fourth-order valence-corrected chi connectivity index (χ4v) is 1.27. The second-order valence-electron chi connectivity index (χ2n) is 3.25. The standard InChI is InChI=1S/C9H12N2O4/c1-5-2-6(11(14)15)3-7(9(5)13)8(10)4-12/h2-3,8,12-13H,4,10H2,1H3/t8-/m1/s1. The third-order valence-electron chi connectivity index (χ3n) is 2.12. The Morgan fingerprint density at radius 2 is 2.20 bits per heavy atom. The number of phenolic OH excluding ortho intramolecular Hbond substituents is 1. The zero-order valence-electron chi connectivity index (χ0n) is 8.17. The molecule has 0 heterocycles. The highest BCUT2D eigenvalue weighted by Crippen LogP contribution is 2.30. The number of non-ortho nitro benzene ring substituents is 1. The van der Waals surface area contributed by atoms with Crippen molar-refractivity contribution in [3.63, 3.8) is 0 Å². The number of hydrogen-bond acceptors (Lipinski definition) is 5. The number of nitrogens with two attached hydrogens (primary N) is 1. The average molecular weight is 212 g/mol. The molecule has 0 fully saturated rings. The Labute approximate surface area is 86.1 Å². The third kappa shape index (κ3) is 2.23. The molecule has 0 bridgehead atoms. The van der Waals surface area contributed by atoms with Crippen molar-refractivity contribution in [2.24, 2.45) is 5.73 Å². The van der Waals surface area contributed by atoms with E-state index in [0.717, 1.165) is 0 Å². The van der Waals surface area contributed by atoms with Crippen molar-refractivity contribution >= 4 is 5.69 Å².